The van der Waals surface area contributed by atoms with E-state index < -0.39 is 13.1 Å². The number of nitrogens with one attached hydrogen (secondary N) is 1. The van der Waals surface area contributed by atoms with Crippen molar-refractivity contribution in [2.45, 2.75) is 31.6 Å². The van der Waals surface area contributed by atoms with Crippen LogP contribution in [-0.2, 0) is 6.42 Å². The van der Waals surface area contributed by atoms with Gasteiger partial charge in [0.05, 0.1) is 11.5 Å². The number of fused-ring (bicyclic) bond motifs is 1. The first kappa shape index (κ1) is 19.7. The number of para-hydroxylation sites is 1. The molecule has 0 aromatic heterocycles. The highest BCUT2D eigenvalue weighted by atomic mass is 16.5. The summed E-state index contributed by atoms with van der Waals surface area (Å²) in [6.45, 7) is 7.91. The fourth-order valence-electron chi connectivity index (χ4n) is 3.98. The van der Waals surface area contributed by atoms with Crippen molar-refractivity contribution in [3.8, 4) is 5.75 Å². The molecule has 1 saturated heterocycles. The van der Waals surface area contributed by atoms with Gasteiger partial charge in [0, 0.05) is 18.8 Å². The Kier molecular flexibility index (Phi) is 6.41. The number of allylic oxidation sites excluding steroid dienone is 1. The second kappa shape index (κ2) is 8.78. The molecule has 2 aliphatic rings. The highest BCUT2D eigenvalue weighted by molar-refractivity contribution is 6.46. The van der Waals surface area contributed by atoms with E-state index in [1.165, 1.54) is 6.07 Å². The van der Waals surface area contributed by atoms with Gasteiger partial charge in [0.15, 0.2) is 0 Å². The van der Waals surface area contributed by atoms with Gasteiger partial charge in [0.2, 0.25) is 0 Å². The molecule has 1 aromatic carbocycles. The van der Waals surface area contributed by atoms with Crippen LogP contribution < -0.4 is 15.7 Å². The van der Waals surface area contributed by atoms with Crippen LogP contribution in [0.3, 0.4) is 0 Å². The summed E-state index contributed by atoms with van der Waals surface area (Å²) in [6.07, 6.45) is 3.59. The van der Waals surface area contributed by atoms with Crippen molar-refractivity contribution >= 4 is 13.1 Å². The van der Waals surface area contributed by atoms with Crippen molar-refractivity contribution in [1.82, 2.24) is 10.2 Å². The number of nitrogens with two attached hydrogens (primary N) is 1. The van der Waals surface area contributed by atoms with Crippen LogP contribution in [0.15, 0.2) is 30.5 Å². The van der Waals surface area contributed by atoms with Gasteiger partial charge in [0.25, 0.3) is 0 Å². The summed E-state index contributed by atoms with van der Waals surface area (Å²) in [5.74, 6) is -0.567. The molecule has 8 heteroatoms. The van der Waals surface area contributed by atoms with Gasteiger partial charge in [-0.3, -0.25) is 0 Å². The molecule has 0 bridgehead atoms. The number of carbonyl (C=O) groups is 1. The van der Waals surface area contributed by atoms with E-state index in [-0.39, 0.29) is 17.3 Å². The number of rotatable bonds is 7. The number of carboxylic acid groups (broad SMARTS) is 1. The number of nitrogens with zero attached hydrogens (tertiary/aromatic N) is 1. The average Bonchev–Trinajstić information content (AvgIpc) is 2.63. The number of hydrogen-bond acceptors (Lipinski definition) is 6. The van der Waals surface area contributed by atoms with E-state index in [0.29, 0.717) is 18.9 Å². The third kappa shape index (κ3) is 4.83. The van der Waals surface area contributed by atoms with Crippen molar-refractivity contribution in [1.29, 1.82) is 0 Å². The molecule has 27 heavy (non-hydrogen) atoms. The predicted octanol–water partition coefficient (Wildman–Crippen LogP) is 0.872. The molecule has 1 fully saturated rings. The quantitative estimate of drug-likeness (QED) is 0.526. The Bertz CT molecular complexity index is 692. The number of hydrogen-bond donors (Lipinski definition) is 4. The first-order valence-electron chi connectivity index (χ1n) is 9.54. The molecule has 7 nitrogen and oxygen atoms in total. The van der Waals surface area contributed by atoms with Crippen LogP contribution in [0.25, 0.3) is 0 Å². The molecule has 146 valence electrons. The second-order valence-electron chi connectivity index (χ2n) is 7.44. The van der Waals surface area contributed by atoms with E-state index in [1.54, 1.807) is 6.07 Å². The average molecular weight is 373 g/mol. The molecule has 1 atom stereocenters. The Balaban J connectivity index is 1.55. The first-order chi connectivity index (χ1) is 13.0. The van der Waals surface area contributed by atoms with Crippen molar-refractivity contribution < 1.29 is 19.6 Å². The largest absolute Gasteiger partial charge is 0.546 e. The minimum Gasteiger partial charge on any atom is -0.534 e. The molecule has 0 saturated carbocycles. The van der Waals surface area contributed by atoms with E-state index >= 15 is 0 Å². The molecule has 1 unspecified atom stereocenters. The van der Waals surface area contributed by atoms with Gasteiger partial charge in [-0.2, -0.15) is 0 Å². The summed E-state index contributed by atoms with van der Waals surface area (Å²) < 4.78 is 5.52. The maximum Gasteiger partial charge on any atom is 0.546 e. The van der Waals surface area contributed by atoms with Crippen LogP contribution in [0.1, 0.15) is 35.2 Å². The van der Waals surface area contributed by atoms with E-state index in [2.05, 4.69) is 16.8 Å². The van der Waals surface area contributed by atoms with Gasteiger partial charge in [-0.05, 0) is 56.3 Å². The van der Waals surface area contributed by atoms with Crippen molar-refractivity contribution in [3.63, 3.8) is 0 Å². The molecule has 0 radical (unpaired) electrons. The minimum absolute atomic E-state index is 0.0769. The van der Waals surface area contributed by atoms with Crippen LogP contribution in [-0.4, -0.2) is 60.2 Å². The van der Waals surface area contributed by atoms with Gasteiger partial charge in [-0.1, -0.05) is 18.7 Å². The summed E-state index contributed by atoms with van der Waals surface area (Å²) in [5.41, 5.74) is 7.36. The Morgan fingerprint density at radius 3 is 2.81 bits per heavy atom. The molecule has 0 spiro atoms. The first-order valence-corrected chi connectivity index (χ1v) is 9.54. The lowest BCUT2D eigenvalue weighted by molar-refractivity contribution is 0.0694. The van der Waals surface area contributed by atoms with Crippen LogP contribution in [0.2, 0.25) is 0 Å². The summed E-state index contributed by atoms with van der Waals surface area (Å²) in [6, 6.07) is 5.01. The van der Waals surface area contributed by atoms with E-state index in [1.807, 2.05) is 6.07 Å². The highest BCUT2D eigenvalue weighted by Gasteiger charge is 2.37. The predicted molar refractivity (Wildman–Crippen MR) is 105 cm³/mol. The number of carboxylic acids is 1. The van der Waals surface area contributed by atoms with E-state index in [4.69, 9.17) is 10.4 Å². The van der Waals surface area contributed by atoms with E-state index in [9.17, 15) is 14.9 Å². The summed E-state index contributed by atoms with van der Waals surface area (Å²) in [7, 11) is -1.11. The third-order valence-electron chi connectivity index (χ3n) is 5.43. The number of piperidine rings is 1. The third-order valence-corrected chi connectivity index (χ3v) is 5.43. The molecule has 2 aliphatic heterocycles. The summed E-state index contributed by atoms with van der Waals surface area (Å²) in [4.78, 5) is 13.7. The topological polar surface area (TPSA) is 108 Å². The smallest absolute Gasteiger partial charge is 0.534 e. The molecule has 0 aliphatic carbocycles. The molecule has 3 rings (SSSR count). The van der Waals surface area contributed by atoms with Crippen LogP contribution in [0, 0.1) is 5.92 Å². The van der Waals surface area contributed by atoms with Crippen LogP contribution in [0.4, 0.5) is 0 Å². The van der Waals surface area contributed by atoms with Gasteiger partial charge < -0.3 is 30.7 Å². The molecule has 2 heterocycles. The highest BCUT2D eigenvalue weighted by Crippen LogP contribution is 2.31. The molecule has 0 amide bonds. The maximum atomic E-state index is 11.3. The second-order valence-corrected chi connectivity index (χ2v) is 7.44. The van der Waals surface area contributed by atoms with Gasteiger partial charge in [-0.15, -0.1) is 0 Å². The summed E-state index contributed by atoms with van der Waals surface area (Å²) in [5, 5.41) is 22.9. The zero-order valence-electron chi connectivity index (χ0n) is 15.6. The lowest BCUT2D eigenvalue weighted by Gasteiger charge is -2.33. The fourth-order valence-corrected chi connectivity index (χ4v) is 3.98. The fraction of sp³-hybridized carbons (Fsp3) is 0.526. The molecular weight excluding hydrogens is 345 g/mol. The lowest BCUT2D eigenvalue weighted by Crippen LogP contribution is -2.51. The number of benzene rings is 1. The zero-order chi connectivity index (χ0) is 19.4. The van der Waals surface area contributed by atoms with Crippen LogP contribution >= 0.6 is 0 Å². The van der Waals surface area contributed by atoms with Crippen molar-refractivity contribution in [2.75, 3.05) is 26.2 Å². The van der Waals surface area contributed by atoms with Gasteiger partial charge in [-0.25, -0.2) is 4.79 Å². The Hall–Kier alpha value is -2.03. The molecule has 5 N–H and O–H groups in total. The Morgan fingerprint density at radius 2 is 2.15 bits per heavy atom. The maximum absolute atomic E-state index is 11.3. The Morgan fingerprint density at radius 1 is 1.41 bits per heavy atom. The van der Waals surface area contributed by atoms with Gasteiger partial charge >= 0.3 is 13.1 Å². The SMILES string of the molecule is C=C(CC1CCN(CCN)CC1)NC1Cc2cccc(C(=O)O)c2OB1O. The summed E-state index contributed by atoms with van der Waals surface area (Å²) >= 11 is 0. The number of aromatic carboxylic acids is 1. The minimum atomic E-state index is -1.11. The van der Waals surface area contributed by atoms with E-state index in [0.717, 1.165) is 50.2 Å². The van der Waals surface area contributed by atoms with Crippen molar-refractivity contribution in [3.05, 3.63) is 41.6 Å². The normalized spacial score (nSPS) is 20.7. The number of likely N-dealkylation sites (tertiary alicyclic amines) is 1. The molecule has 1 aromatic rings. The molecular formula is C19H28BN3O4. The lowest BCUT2D eigenvalue weighted by atomic mass is 9.72. The zero-order valence-corrected chi connectivity index (χ0v) is 15.6. The van der Waals surface area contributed by atoms with Crippen LogP contribution in [0.5, 0.6) is 5.75 Å². The Labute approximate surface area is 160 Å². The standard InChI is InChI=1S/C19H28BN3O4/c1-13(11-14-5-8-23(9-6-14)10-7-21)22-17-12-15-3-2-4-16(19(24)25)18(15)27-20(17)26/h2-4,14,17,22,26H,1,5-12,21H2,(H,24,25). The van der Waals surface area contributed by atoms with Crippen molar-refractivity contribution in [2.24, 2.45) is 11.7 Å². The van der Waals surface area contributed by atoms with Gasteiger partial charge in [0.1, 0.15) is 5.75 Å². The monoisotopic (exact) mass is 373 g/mol.